The molecule has 0 saturated carbocycles. The van der Waals surface area contributed by atoms with Crippen molar-refractivity contribution in [3.63, 3.8) is 0 Å². The van der Waals surface area contributed by atoms with E-state index in [1.54, 1.807) is 85.1 Å². The van der Waals surface area contributed by atoms with Crippen LogP contribution in [0.3, 0.4) is 0 Å². The fourth-order valence-electron chi connectivity index (χ4n) is 7.20. The maximum absolute atomic E-state index is 14.9. The third kappa shape index (κ3) is 3.56. The Labute approximate surface area is 248 Å². The fourth-order valence-corrected chi connectivity index (χ4v) is 7.20. The lowest BCUT2D eigenvalue weighted by molar-refractivity contribution is 0.0585. The third-order valence-electron chi connectivity index (χ3n) is 8.99. The lowest BCUT2D eigenvalue weighted by Crippen LogP contribution is -2.44. The molecule has 0 N–H and O–H groups in total. The molecule has 0 aromatic heterocycles. The predicted octanol–water partition coefficient (Wildman–Crippen LogP) is 5.52. The molecule has 3 unspecified atom stereocenters. The Hall–Kier alpha value is -5.24. The van der Waals surface area contributed by atoms with Crippen LogP contribution < -0.4 is 14.2 Å². The van der Waals surface area contributed by atoms with Crippen molar-refractivity contribution < 1.29 is 28.6 Å². The van der Waals surface area contributed by atoms with Gasteiger partial charge in [0.2, 0.25) is 0 Å². The highest BCUT2D eigenvalue weighted by Crippen LogP contribution is 2.66. The molecule has 3 aliphatic rings. The molecule has 1 spiro atoms. The number of nitrogens with zero attached hydrogens (tertiary/aromatic N) is 2. The van der Waals surface area contributed by atoms with E-state index >= 15 is 0 Å². The van der Waals surface area contributed by atoms with Crippen LogP contribution in [0.15, 0.2) is 96.1 Å². The summed E-state index contributed by atoms with van der Waals surface area (Å²) in [6.45, 7) is 0. The zero-order valence-electron chi connectivity index (χ0n) is 23.8. The minimum absolute atomic E-state index is 0.285. The monoisotopic (exact) mass is 572 g/mol. The van der Waals surface area contributed by atoms with Crippen LogP contribution in [0, 0.1) is 5.41 Å². The SMILES string of the molecule is COc1ccc(C(=O)C2C(c3cccc(OC)c3OC)C3(C(=O)c4ccccc4C3=O)C3c4ccccc4C=NN23)cc1. The molecule has 0 bridgehead atoms. The lowest BCUT2D eigenvalue weighted by Gasteiger charge is -2.36. The Morgan fingerprint density at radius 1 is 0.744 bits per heavy atom. The van der Waals surface area contributed by atoms with Crippen molar-refractivity contribution in [3.05, 3.63) is 124 Å². The van der Waals surface area contributed by atoms with Gasteiger partial charge in [0.1, 0.15) is 17.2 Å². The van der Waals surface area contributed by atoms with E-state index in [1.807, 2.05) is 24.3 Å². The van der Waals surface area contributed by atoms with Gasteiger partial charge in [0.15, 0.2) is 28.8 Å². The molecule has 1 aliphatic carbocycles. The number of rotatable bonds is 6. The number of methoxy groups -OCH3 is 3. The fraction of sp³-hybridized carbons (Fsp3) is 0.200. The summed E-state index contributed by atoms with van der Waals surface area (Å²) in [5.41, 5.74) is 1.41. The highest BCUT2D eigenvalue weighted by Gasteiger charge is 2.73. The highest BCUT2D eigenvalue weighted by molar-refractivity contribution is 6.31. The van der Waals surface area contributed by atoms with Gasteiger partial charge < -0.3 is 14.2 Å². The van der Waals surface area contributed by atoms with Gasteiger partial charge in [-0.3, -0.25) is 19.4 Å². The predicted molar refractivity (Wildman–Crippen MR) is 160 cm³/mol. The van der Waals surface area contributed by atoms with Gasteiger partial charge in [-0.05, 0) is 41.5 Å². The second kappa shape index (κ2) is 9.94. The van der Waals surface area contributed by atoms with Gasteiger partial charge >= 0.3 is 0 Å². The van der Waals surface area contributed by atoms with Crippen LogP contribution in [0.4, 0.5) is 0 Å². The number of Topliss-reactive ketones (excluding diaryl/α,β-unsaturated/α-hetero) is 3. The van der Waals surface area contributed by atoms with Crippen LogP contribution in [0.5, 0.6) is 17.2 Å². The summed E-state index contributed by atoms with van der Waals surface area (Å²) in [4.78, 5) is 44.6. The van der Waals surface area contributed by atoms with Crippen LogP contribution in [0.2, 0.25) is 0 Å². The van der Waals surface area contributed by atoms with Crippen molar-refractivity contribution in [1.82, 2.24) is 5.01 Å². The molecule has 8 heteroatoms. The first-order valence-corrected chi connectivity index (χ1v) is 14.0. The summed E-state index contributed by atoms with van der Waals surface area (Å²) in [7, 11) is 4.59. The van der Waals surface area contributed by atoms with Crippen LogP contribution in [-0.2, 0) is 0 Å². The molecule has 214 valence electrons. The van der Waals surface area contributed by atoms with E-state index in [0.29, 0.717) is 39.5 Å². The van der Waals surface area contributed by atoms with E-state index in [4.69, 9.17) is 19.3 Å². The van der Waals surface area contributed by atoms with Gasteiger partial charge in [0.25, 0.3) is 0 Å². The normalized spacial score (nSPS) is 20.9. The minimum atomic E-state index is -1.72. The van der Waals surface area contributed by atoms with Crippen molar-refractivity contribution in [2.45, 2.75) is 18.0 Å². The second-order valence-electron chi connectivity index (χ2n) is 10.8. The summed E-state index contributed by atoms with van der Waals surface area (Å²) < 4.78 is 16.9. The number of fused-ring (bicyclic) bond motifs is 5. The summed E-state index contributed by atoms with van der Waals surface area (Å²) >= 11 is 0. The molecule has 0 radical (unpaired) electrons. The number of ketones is 3. The van der Waals surface area contributed by atoms with Crippen molar-refractivity contribution in [3.8, 4) is 17.2 Å². The molecule has 0 amide bonds. The molecule has 4 aromatic carbocycles. The van der Waals surface area contributed by atoms with Crippen molar-refractivity contribution in [2.75, 3.05) is 21.3 Å². The van der Waals surface area contributed by atoms with E-state index in [-0.39, 0.29) is 17.3 Å². The second-order valence-corrected chi connectivity index (χ2v) is 10.8. The highest BCUT2D eigenvalue weighted by atomic mass is 16.5. The molecular weight excluding hydrogens is 544 g/mol. The Kier molecular flexibility index (Phi) is 6.16. The number of hydrogen-bond acceptors (Lipinski definition) is 8. The number of benzene rings is 4. The molecule has 3 atom stereocenters. The van der Waals surface area contributed by atoms with Gasteiger partial charge in [-0.25, -0.2) is 0 Å². The first-order valence-electron chi connectivity index (χ1n) is 14.0. The first kappa shape index (κ1) is 26.6. The van der Waals surface area contributed by atoms with E-state index in [9.17, 15) is 14.4 Å². The van der Waals surface area contributed by atoms with Crippen LogP contribution in [0.1, 0.15) is 59.7 Å². The summed E-state index contributed by atoms with van der Waals surface area (Å²) in [5.74, 6) is -0.555. The summed E-state index contributed by atoms with van der Waals surface area (Å²) in [6, 6.07) is 24.7. The maximum Gasteiger partial charge on any atom is 0.187 e. The molecule has 2 aliphatic heterocycles. The number of carbonyl (C=O) groups excluding carboxylic acids is 3. The quantitative estimate of drug-likeness (QED) is 0.222. The molecule has 8 nitrogen and oxygen atoms in total. The first-order chi connectivity index (χ1) is 21.0. The summed E-state index contributed by atoms with van der Waals surface area (Å²) in [6.07, 6.45) is 1.69. The topological polar surface area (TPSA) is 94.5 Å². The number of hydrazone groups is 1. The Morgan fingerprint density at radius 2 is 1.40 bits per heavy atom. The van der Waals surface area contributed by atoms with Gasteiger partial charge in [-0.15, -0.1) is 0 Å². The number of ether oxygens (including phenoxy) is 3. The molecule has 2 heterocycles. The lowest BCUT2D eigenvalue weighted by atomic mass is 9.62. The zero-order valence-corrected chi connectivity index (χ0v) is 23.8. The maximum atomic E-state index is 14.9. The van der Waals surface area contributed by atoms with Gasteiger partial charge in [0, 0.05) is 28.2 Å². The van der Waals surface area contributed by atoms with Crippen molar-refractivity contribution in [2.24, 2.45) is 10.5 Å². The molecule has 1 saturated heterocycles. The standard InChI is InChI=1S/C35H28N2O6/c1-41-22-17-15-20(16-18-22)30(38)29-28(26-13-8-14-27(42-2)31(26)43-3)35(33(39)24-11-6-7-12-25(24)34(35)40)32-23-10-5-4-9-21(23)19-36-37(29)32/h4-19,28-29,32H,1-3H3. The molecule has 43 heavy (non-hydrogen) atoms. The van der Waals surface area contributed by atoms with Crippen molar-refractivity contribution >= 4 is 23.6 Å². The Morgan fingerprint density at radius 3 is 2.05 bits per heavy atom. The number of para-hydroxylation sites is 1. The average molecular weight is 573 g/mol. The smallest absolute Gasteiger partial charge is 0.187 e. The Bertz CT molecular complexity index is 1790. The van der Waals surface area contributed by atoms with Crippen molar-refractivity contribution in [1.29, 1.82) is 0 Å². The van der Waals surface area contributed by atoms with E-state index < -0.39 is 23.4 Å². The van der Waals surface area contributed by atoms with Crippen LogP contribution >= 0.6 is 0 Å². The largest absolute Gasteiger partial charge is 0.497 e. The molecule has 1 fully saturated rings. The molecular formula is C35H28N2O6. The number of hydrogen-bond donors (Lipinski definition) is 0. The molecule has 7 rings (SSSR count). The zero-order chi connectivity index (χ0) is 29.9. The third-order valence-corrected chi connectivity index (χ3v) is 8.99. The average Bonchev–Trinajstić information content (AvgIpc) is 3.49. The summed E-state index contributed by atoms with van der Waals surface area (Å²) in [5, 5.41) is 6.47. The van der Waals surface area contributed by atoms with E-state index in [0.717, 1.165) is 11.1 Å². The van der Waals surface area contributed by atoms with Crippen LogP contribution in [-0.4, -0.2) is 55.9 Å². The number of carbonyl (C=O) groups is 3. The van der Waals surface area contributed by atoms with Gasteiger partial charge in [0.05, 0.1) is 33.6 Å². The minimum Gasteiger partial charge on any atom is -0.497 e. The van der Waals surface area contributed by atoms with E-state index in [1.165, 1.54) is 14.2 Å². The van der Waals surface area contributed by atoms with Gasteiger partial charge in [-0.1, -0.05) is 60.7 Å². The Balaban J connectivity index is 1.57. The van der Waals surface area contributed by atoms with Gasteiger partial charge in [-0.2, -0.15) is 5.10 Å². The van der Waals surface area contributed by atoms with E-state index in [2.05, 4.69) is 0 Å². The molecule has 4 aromatic rings. The van der Waals surface area contributed by atoms with Crippen LogP contribution in [0.25, 0.3) is 0 Å².